The average molecular weight is 264 g/mol. The molecule has 0 saturated carbocycles. The van der Waals surface area contributed by atoms with E-state index in [1.165, 1.54) is 0 Å². The van der Waals surface area contributed by atoms with Crippen LogP contribution in [0, 0.1) is 0 Å². The molecule has 0 bridgehead atoms. The van der Waals surface area contributed by atoms with E-state index in [-0.39, 0.29) is 0 Å². The fraction of sp³-hybridized carbons (Fsp3) is 0.286. The molecule has 0 saturated heterocycles. The number of fused-ring (bicyclic) bond motifs is 1. The summed E-state index contributed by atoms with van der Waals surface area (Å²) in [4.78, 5) is 16.0. The molecule has 0 amide bonds. The number of ether oxygens (including phenoxy) is 1. The van der Waals surface area contributed by atoms with E-state index in [2.05, 4.69) is 4.98 Å². The van der Waals surface area contributed by atoms with Crippen LogP contribution in [0.25, 0.3) is 10.8 Å². The average Bonchev–Trinajstić information content (AvgIpc) is 2.26. The van der Waals surface area contributed by atoms with E-state index in [1.54, 1.807) is 18.3 Å². The first-order chi connectivity index (χ1) is 8.35. The third-order valence-corrected chi connectivity index (χ3v) is 2.53. The third kappa shape index (κ3) is 2.99. The predicted octanol–water partition coefficient (Wildman–Crippen LogP) is 3.84. The molecule has 2 rings (SSSR count). The topological polar surface area (TPSA) is 39.2 Å². The van der Waals surface area contributed by atoms with Crippen LogP contribution >= 0.6 is 11.6 Å². The maximum Gasteiger partial charge on any atom is 0.357 e. The summed E-state index contributed by atoms with van der Waals surface area (Å²) in [6.45, 7) is 5.48. The lowest BCUT2D eigenvalue weighted by Crippen LogP contribution is -2.24. The van der Waals surface area contributed by atoms with Crippen LogP contribution in [0.2, 0.25) is 5.02 Å². The van der Waals surface area contributed by atoms with E-state index >= 15 is 0 Å². The molecule has 94 valence electrons. The minimum atomic E-state index is -0.520. The molecule has 0 spiro atoms. The number of carbonyl (C=O) groups is 1. The number of rotatable bonds is 1. The van der Waals surface area contributed by atoms with Gasteiger partial charge < -0.3 is 4.74 Å². The van der Waals surface area contributed by atoms with Gasteiger partial charge in [0.1, 0.15) is 11.3 Å². The highest BCUT2D eigenvalue weighted by Gasteiger charge is 2.18. The minimum absolute atomic E-state index is 0.305. The Bertz CT molecular complexity index is 602. The highest BCUT2D eigenvalue weighted by molar-refractivity contribution is 6.31. The van der Waals surface area contributed by atoms with Crippen LogP contribution in [-0.4, -0.2) is 16.6 Å². The van der Waals surface area contributed by atoms with Crippen molar-refractivity contribution in [2.24, 2.45) is 0 Å². The number of carbonyl (C=O) groups excluding carboxylic acids is 1. The van der Waals surface area contributed by atoms with E-state index in [9.17, 15) is 4.79 Å². The molecule has 0 atom stereocenters. The molecule has 1 aromatic heterocycles. The lowest BCUT2D eigenvalue weighted by Gasteiger charge is -2.19. The molecule has 18 heavy (non-hydrogen) atoms. The molecule has 3 nitrogen and oxygen atoms in total. The molecule has 0 unspecified atom stereocenters. The van der Waals surface area contributed by atoms with Crippen LogP contribution in [0.5, 0.6) is 0 Å². The van der Waals surface area contributed by atoms with Crippen LogP contribution in [0.15, 0.2) is 30.5 Å². The summed E-state index contributed by atoms with van der Waals surface area (Å²) in [6, 6.07) is 7.15. The summed E-state index contributed by atoms with van der Waals surface area (Å²) < 4.78 is 5.27. The minimum Gasteiger partial charge on any atom is -0.455 e. The molecular weight excluding hydrogens is 250 g/mol. The van der Waals surface area contributed by atoms with Gasteiger partial charge in [-0.15, -0.1) is 0 Å². The molecule has 4 heteroatoms. The first kappa shape index (κ1) is 12.8. The Kier molecular flexibility index (Phi) is 3.26. The number of aromatic nitrogens is 1. The molecule has 0 N–H and O–H groups in total. The summed E-state index contributed by atoms with van der Waals surface area (Å²) in [5.74, 6) is -0.417. The normalized spacial score (nSPS) is 11.6. The number of hydrogen-bond donors (Lipinski definition) is 0. The van der Waals surface area contributed by atoms with E-state index in [1.807, 2.05) is 32.9 Å². The fourth-order valence-electron chi connectivity index (χ4n) is 1.55. The number of benzene rings is 1. The van der Waals surface area contributed by atoms with Gasteiger partial charge in [0.25, 0.3) is 0 Å². The zero-order valence-electron chi connectivity index (χ0n) is 10.5. The van der Waals surface area contributed by atoms with E-state index in [4.69, 9.17) is 16.3 Å². The summed E-state index contributed by atoms with van der Waals surface area (Å²) in [5, 5.41) is 2.46. The Morgan fingerprint density at radius 3 is 2.61 bits per heavy atom. The van der Waals surface area contributed by atoms with Crippen molar-refractivity contribution < 1.29 is 9.53 Å². The van der Waals surface area contributed by atoms with Crippen molar-refractivity contribution in [1.82, 2.24) is 4.98 Å². The summed E-state index contributed by atoms with van der Waals surface area (Å²) in [5.41, 5.74) is -0.215. The quantitative estimate of drug-likeness (QED) is 0.734. The predicted molar refractivity (Wildman–Crippen MR) is 71.9 cm³/mol. The van der Waals surface area contributed by atoms with Gasteiger partial charge in [0.15, 0.2) is 0 Å². The Morgan fingerprint density at radius 2 is 1.94 bits per heavy atom. The van der Waals surface area contributed by atoms with Crippen molar-refractivity contribution in [2.45, 2.75) is 26.4 Å². The maximum atomic E-state index is 11.9. The second-order valence-corrected chi connectivity index (χ2v) is 5.50. The first-order valence-corrected chi connectivity index (χ1v) is 6.02. The van der Waals surface area contributed by atoms with Crippen LogP contribution in [0.1, 0.15) is 31.3 Å². The number of pyridine rings is 1. The van der Waals surface area contributed by atoms with Gasteiger partial charge in [-0.3, -0.25) is 0 Å². The summed E-state index contributed by atoms with van der Waals surface area (Å²) in [7, 11) is 0. The Hall–Kier alpha value is -1.61. The van der Waals surface area contributed by atoms with Gasteiger partial charge in [-0.05, 0) is 44.4 Å². The molecule has 0 aliphatic carbocycles. The van der Waals surface area contributed by atoms with Gasteiger partial charge in [0.05, 0.1) is 0 Å². The van der Waals surface area contributed by atoms with Crippen molar-refractivity contribution in [3.8, 4) is 0 Å². The number of esters is 1. The fourth-order valence-corrected chi connectivity index (χ4v) is 1.74. The van der Waals surface area contributed by atoms with E-state index < -0.39 is 11.6 Å². The van der Waals surface area contributed by atoms with Crippen molar-refractivity contribution in [1.29, 1.82) is 0 Å². The molecular formula is C14H14ClNO2. The van der Waals surface area contributed by atoms with Crippen LogP contribution in [0.4, 0.5) is 0 Å². The van der Waals surface area contributed by atoms with Gasteiger partial charge in [-0.2, -0.15) is 0 Å². The number of hydrogen-bond acceptors (Lipinski definition) is 3. The SMILES string of the molecule is CC(C)(C)OC(=O)c1cc2ccc(Cl)cc2cn1. The van der Waals surface area contributed by atoms with Crippen molar-refractivity contribution in [3.05, 3.63) is 41.2 Å². The van der Waals surface area contributed by atoms with Gasteiger partial charge in [0.2, 0.25) is 0 Å². The Morgan fingerprint density at radius 1 is 1.22 bits per heavy atom. The third-order valence-electron chi connectivity index (χ3n) is 2.29. The molecule has 0 aliphatic heterocycles. The van der Waals surface area contributed by atoms with Crippen LogP contribution in [0.3, 0.4) is 0 Å². The number of halogens is 1. The van der Waals surface area contributed by atoms with Gasteiger partial charge in [0, 0.05) is 16.6 Å². The maximum absolute atomic E-state index is 11.9. The largest absolute Gasteiger partial charge is 0.455 e. The Labute approximate surface area is 111 Å². The van der Waals surface area contributed by atoms with E-state index in [0.717, 1.165) is 10.8 Å². The zero-order valence-corrected chi connectivity index (χ0v) is 11.3. The van der Waals surface area contributed by atoms with Gasteiger partial charge in [-0.1, -0.05) is 17.7 Å². The molecule has 0 aliphatic rings. The summed E-state index contributed by atoms with van der Waals surface area (Å²) in [6.07, 6.45) is 1.63. The standard InChI is InChI=1S/C14H14ClNO2/c1-14(2,3)18-13(17)12-7-9-4-5-11(15)6-10(9)8-16-12/h4-8H,1-3H3. The van der Waals surface area contributed by atoms with Crippen molar-refractivity contribution in [3.63, 3.8) is 0 Å². The van der Waals surface area contributed by atoms with Crippen LogP contribution in [-0.2, 0) is 4.74 Å². The number of nitrogens with zero attached hydrogens (tertiary/aromatic N) is 1. The second kappa shape index (κ2) is 4.58. The smallest absolute Gasteiger partial charge is 0.357 e. The zero-order chi connectivity index (χ0) is 13.3. The Balaban J connectivity index is 2.36. The molecule has 2 aromatic rings. The van der Waals surface area contributed by atoms with Gasteiger partial charge >= 0.3 is 5.97 Å². The molecule has 0 fully saturated rings. The van der Waals surface area contributed by atoms with Crippen LogP contribution < -0.4 is 0 Å². The van der Waals surface area contributed by atoms with Gasteiger partial charge in [-0.25, -0.2) is 9.78 Å². The molecule has 1 heterocycles. The molecule has 1 aromatic carbocycles. The molecule has 0 radical (unpaired) electrons. The van der Waals surface area contributed by atoms with E-state index in [0.29, 0.717) is 10.7 Å². The highest BCUT2D eigenvalue weighted by Crippen LogP contribution is 2.20. The highest BCUT2D eigenvalue weighted by atomic mass is 35.5. The first-order valence-electron chi connectivity index (χ1n) is 5.64. The lowest BCUT2D eigenvalue weighted by atomic mass is 10.1. The monoisotopic (exact) mass is 263 g/mol. The second-order valence-electron chi connectivity index (χ2n) is 5.06. The van der Waals surface area contributed by atoms with Crippen molar-refractivity contribution >= 4 is 28.3 Å². The van der Waals surface area contributed by atoms with Crippen molar-refractivity contribution in [2.75, 3.05) is 0 Å². The lowest BCUT2D eigenvalue weighted by molar-refractivity contribution is 0.00631. The summed E-state index contributed by atoms with van der Waals surface area (Å²) >= 11 is 5.89.